The lowest BCUT2D eigenvalue weighted by Gasteiger charge is -2.30. The minimum absolute atomic E-state index is 0.0340. The molecule has 3 heterocycles. The quantitative estimate of drug-likeness (QED) is 0.542. The van der Waals surface area contributed by atoms with E-state index in [1.54, 1.807) is 12.1 Å². The van der Waals surface area contributed by atoms with Crippen LogP contribution in [0.2, 0.25) is 0 Å². The molecule has 3 aliphatic heterocycles. The van der Waals surface area contributed by atoms with Crippen LogP contribution in [0.5, 0.6) is 5.75 Å². The standard InChI is InChI=1S/C26H28N4O5/c1-13-10-14(2)22-16(11-13)26(25(34)28-22)21-20(17(29-26)8-9-19(27)31)23(32)30(24(21)33)12-15-6-4-5-7-18(15)35-3/h4-7,10-11,17,20-21,29H,8-9,12H2,1-3H3,(H2,27,31)(H,28,34)/t17-,20-,21-,26-/m1/s1. The van der Waals surface area contributed by atoms with E-state index in [1.165, 1.54) is 12.0 Å². The maximum absolute atomic E-state index is 13.9. The van der Waals surface area contributed by atoms with Gasteiger partial charge in [0.05, 0.1) is 25.5 Å². The number of fused-ring (bicyclic) bond motifs is 4. The van der Waals surface area contributed by atoms with Crippen LogP contribution in [0.15, 0.2) is 36.4 Å². The lowest BCUT2D eigenvalue weighted by molar-refractivity contribution is -0.143. The third-order valence-electron chi connectivity index (χ3n) is 7.48. The summed E-state index contributed by atoms with van der Waals surface area (Å²) >= 11 is 0. The van der Waals surface area contributed by atoms with Crippen LogP contribution in [0.4, 0.5) is 5.69 Å². The topological polar surface area (TPSA) is 131 Å². The second-order valence-corrected chi connectivity index (χ2v) is 9.60. The Bertz CT molecular complexity index is 1270. The van der Waals surface area contributed by atoms with Gasteiger partial charge in [0.1, 0.15) is 11.3 Å². The van der Waals surface area contributed by atoms with Gasteiger partial charge < -0.3 is 15.8 Å². The van der Waals surface area contributed by atoms with Crippen LogP contribution in [0.25, 0.3) is 0 Å². The molecule has 5 rings (SSSR count). The van der Waals surface area contributed by atoms with Crippen molar-refractivity contribution in [2.75, 3.05) is 12.4 Å². The summed E-state index contributed by atoms with van der Waals surface area (Å²) in [6.07, 6.45) is 0.277. The molecule has 0 aliphatic carbocycles. The lowest BCUT2D eigenvalue weighted by Crippen LogP contribution is -2.53. The van der Waals surface area contributed by atoms with Crippen LogP contribution in [0.1, 0.15) is 35.1 Å². The first-order chi connectivity index (χ1) is 16.7. The molecule has 4 atom stereocenters. The molecule has 3 aliphatic rings. The average Bonchev–Trinajstić information content (AvgIpc) is 3.39. The largest absolute Gasteiger partial charge is 0.496 e. The molecule has 182 valence electrons. The van der Waals surface area contributed by atoms with Crippen molar-refractivity contribution in [2.45, 2.75) is 44.8 Å². The summed E-state index contributed by atoms with van der Waals surface area (Å²) in [5.41, 5.74) is 7.83. The molecule has 0 radical (unpaired) electrons. The van der Waals surface area contributed by atoms with E-state index in [1.807, 2.05) is 38.1 Å². The molecule has 9 heteroatoms. The predicted molar refractivity (Wildman–Crippen MR) is 127 cm³/mol. The van der Waals surface area contributed by atoms with Crippen LogP contribution < -0.4 is 21.1 Å². The van der Waals surface area contributed by atoms with E-state index >= 15 is 0 Å². The molecule has 0 bridgehead atoms. The van der Waals surface area contributed by atoms with E-state index in [0.29, 0.717) is 22.6 Å². The Balaban J connectivity index is 1.61. The van der Waals surface area contributed by atoms with Gasteiger partial charge in [0.25, 0.3) is 0 Å². The SMILES string of the molecule is COc1ccccc1CN1C(=O)[C@@H]2[C@@H](CCC(N)=O)N[C@@]3(C(=O)Nc4c(C)cc(C)cc43)[C@H]2C1=O. The predicted octanol–water partition coefficient (Wildman–Crippen LogP) is 1.50. The smallest absolute Gasteiger partial charge is 0.250 e. The van der Waals surface area contributed by atoms with Crippen LogP contribution >= 0.6 is 0 Å². The number of anilines is 1. The van der Waals surface area contributed by atoms with E-state index in [-0.39, 0.29) is 31.2 Å². The van der Waals surface area contributed by atoms with Crippen molar-refractivity contribution in [2.24, 2.45) is 17.6 Å². The third-order valence-corrected chi connectivity index (χ3v) is 7.48. The van der Waals surface area contributed by atoms with Gasteiger partial charge in [0.15, 0.2) is 0 Å². The van der Waals surface area contributed by atoms with E-state index in [0.717, 1.165) is 11.1 Å². The van der Waals surface area contributed by atoms with Crippen LogP contribution in [-0.2, 0) is 31.3 Å². The number of nitrogens with one attached hydrogen (secondary N) is 2. The Kier molecular flexibility index (Phi) is 5.40. The number of carbonyl (C=O) groups is 4. The lowest BCUT2D eigenvalue weighted by atomic mass is 9.75. The monoisotopic (exact) mass is 476 g/mol. The normalized spacial score (nSPS) is 26.8. The molecule has 0 aromatic heterocycles. The van der Waals surface area contributed by atoms with E-state index < -0.39 is 35.2 Å². The second kappa shape index (κ2) is 8.20. The number of amides is 4. The number of para-hydroxylation sites is 1. The number of primary amides is 1. The molecule has 2 aromatic carbocycles. The van der Waals surface area contributed by atoms with Crippen LogP contribution in [0, 0.1) is 25.7 Å². The van der Waals surface area contributed by atoms with Gasteiger partial charge in [-0.1, -0.05) is 35.9 Å². The third kappa shape index (κ3) is 3.33. The fraction of sp³-hybridized carbons (Fsp3) is 0.385. The van der Waals surface area contributed by atoms with Crippen molar-refractivity contribution < 1.29 is 23.9 Å². The zero-order valence-corrected chi connectivity index (χ0v) is 19.9. The highest BCUT2D eigenvalue weighted by atomic mass is 16.5. The number of imide groups is 1. The Morgan fingerprint density at radius 1 is 1.14 bits per heavy atom. The molecule has 0 saturated carbocycles. The van der Waals surface area contributed by atoms with Crippen LogP contribution in [0.3, 0.4) is 0 Å². The summed E-state index contributed by atoms with van der Waals surface area (Å²) < 4.78 is 5.41. The Morgan fingerprint density at radius 2 is 1.89 bits per heavy atom. The number of hydrogen-bond donors (Lipinski definition) is 3. The van der Waals surface area contributed by atoms with Crippen molar-refractivity contribution >= 4 is 29.3 Å². The summed E-state index contributed by atoms with van der Waals surface area (Å²) in [7, 11) is 1.53. The second-order valence-electron chi connectivity index (χ2n) is 9.60. The van der Waals surface area contributed by atoms with Crippen molar-refractivity contribution in [3.05, 3.63) is 58.7 Å². The van der Waals surface area contributed by atoms with Crippen molar-refractivity contribution in [1.82, 2.24) is 10.2 Å². The molecule has 2 fully saturated rings. The summed E-state index contributed by atoms with van der Waals surface area (Å²) in [4.78, 5) is 54.0. The van der Waals surface area contributed by atoms with E-state index in [2.05, 4.69) is 10.6 Å². The Hall–Kier alpha value is -3.72. The summed E-state index contributed by atoms with van der Waals surface area (Å²) in [5, 5.41) is 6.29. The summed E-state index contributed by atoms with van der Waals surface area (Å²) in [6, 6.07) is 10.5. The first-order valence-electron chi connectivity index (χ1n) is 11.6. The van der Waals surface area contributed by atoms with Gasteiger partial charge in [0, 0.05) is 29.3 Å². The molecule has 2 aromatic rings. The molecular weight excluding hydrogens is 448 g/mol. The van der Waals surface area contributed by atoms with Crippen molar-refractivity contribution in [3.63, 3.8) is 0 Å². The minimum atomic E-state index is -1.40. The summed E-state index contributed by atoms with van der Waals surface area (Å²) in [5.74, 6) is -2.82. The van der Waals surface area contributed by atoms with E-state index in [9.17, 15) is 19.2 Å². The number of nitrogens with two attached hydrogens (primary N) is 1. The highest BCUT2D eigenvalue weighted by Crippen LogP contribution is 2.54. The number of aryl methyl sites for hydroxylation is 2. The molecule has 4 amide bonds. The van der Waals surface area contributed by atoms with Gasteiger partial charge >= 0.3 is 0 Å². The van der Waals surface area contributed by atoms with Gasteiger partial charge in [-0.05, 0) is 31.9 Å². The van der Waals surface area contributed by atoms with Gasteiger partial charge in [-0.25, -0.2) is 0 Å². The molecule has 9 nitrogen and oxygen atoms in total. The molecular formula is C26H28N4O5. The summed E-state index contributed by atoms with van der Waals surface area (Å²) in [6.45, 7) is 3.86. The maximum Gasteiger partial charge on any atom is 0.250 e. The fourth-order valence-electron chi connectivity index (χ4n) is 6.02. The van der Waals surface area contributed by atoms with E-state index in [4.69, 9.17) is 10.5 Å². The van der Waals surface area contributed by atoms with Crippen molar-refractivity contribution in [1.29, 1.82) is 0 Å². The number of nitrogens with zero attached hydrogens (tertiary/aromatic N) is 1. The number of likely N-dealkylation sites (tertiary alicyclic amines) is 1. The Morgan fingerprint density at radius 3 is 2.60 bits per heavy atom. The molecule has 0 unspecified atom stereocenters. The highest BCUT2D eigenvalue weighted by molar-refractivity contribution is 6.15. The zero-order valence-electron chi connectivity index (χ0n) is 19.9. The first kappa shape index (κ1) is 23.0. The van der Waals surface area contributed by atoms with Gasteiger partial charge in [-0.2, -0.15) is 0 Å². The van der Waals surface area contributed by atoms with Crippen LogP contribution in [-0.4, -0.2) is 41.7 Å². The van der Waals surface area contributed by atoms with Gasteiger partial charge in [-0.15, -0.1) is 0 Å². The minimum Gasteiger partial charge on any atom is -0.496 e. The number of rotatable bonds is 6. The number of methoxy groups -OCH3 is 1. The Labute approximate surface area is 203 Å². The number of hydrogen-bond acceptors (Lipinski definition) is 6. The zero-order chi connectivity index (χ0) is 25.1. The number of carbonyl (C=O) groups excluding carboxylic acids is 4. The molecule has 4 N–H and O–H groups in total. The maximum atomic E-state index is 13.9. The fourth-order valence-corrected chi connectivity index (χ4v) is 6.02. The van der Waals surface area contributed by atoms with Gasteiger partial charge in [0.2, 0.25) is 23.6 Å². The average molecular weight is 477 g/mol. The highest BCUT2D eigenvalue weighted by Gasteiger charge is 2.70. The number of benzene rings is 2. The molecule has 35 heavy (non-hydrogen) atoms. The first-order valence-corrected chi connectivity index (χ1v) is 11.6. The molecule has 2 saturated heterocycles. The number of ether oxygens (including phenoxy) is 1. The molecule has 1 spiro atoms. The van der Waals surface area contributed by atoms with Crippen molar-refractivity contribution in [3.8, 4) is 5.75 Å². The van der Waals surface area contributed by atoms with Gasteiger partial charge in [-0.3, -0.25) is 29.4 Å².